The van der Waals surface area contributed by atoms with Crippen LogP contribution in [0.3, 0.4) is 0 Å². The van der Waals surface area contributed by atoms with E-state index >= 15 is 0 Å². The number of rotatable bonds is 6. The van der Waals surface area contributed by atoms with E-state index in [1.54, 1.807) is 12.1 Å². The van der Waals surface area contributed by atoms with Gasteiger partial charge in [0.25, 0.3) is 5.91 Å². The Balaban J connectivity index is 1.60. The molecule has 3 rings (SSSR count). The van der Waals surface area contributed by atoms with E-state index in [0.29, 0.717) is 0 Å². The van der Waals surface area contributed by atoms with Gasteiger partial charge in [-0.1, -0.05) is 37.5 Å². The second-order valence-electron chi connectivity index (χ2n) is 6.51. The molecule has 0 aliphatic heterocycles. The monoisotopic (exact) mass is 375 g/mol. The summed E-state index contributed by atoms with van der Waals surface area (Å²) in [4.78, 5) is 25.3. The van der Waals surface area contributed by atoms with Gasteiger partial charge < -0.3 is 10.1 Å². The highest BCUT2D eigenvalue weighted by atomic mass is 32.1. The van der Waals surface area contributed by atoms with E-state index in [0.717, 1.165) is 42.5 Å². The molecule has 1 aromatic heterocycles. The third kappa shape index (κ3) is 4.91. The number of esters is 1. The minimum atomic E-state index is -0.392. The van der Waals surface area contributed by atoms with Gasteiger partial charge in [0.1, 0.15) is 5.82 Å². The van der Waals surface area contributed by atoms with Crippen molar-refractivity contribution in [2.75, 3.05) is 6.61 Å². The number of thiophene rings is 1. The highest BCUT2D eigenvalue weighted by Crippen LogP contribution is 2.27. The van der Waals surface area contributed by atoms with Crippen LogP contribution < -0.4 is 5.32 Å². The molecule has 0 unspecified atom stereocenters. The molecule has 6 heteroatoms. The van der Waals surface area contributed by atoms with E-state index in [4.69, 9.17) is 4.74 Å². The summed E-state index contributed by atoms with van der Waals surface area (Å²) >= 11 is 1.50. The van der Waals surface area contributed by atoms with Crippen LogP contribution in [-0.2, 0) is 14.3 Å². The first-order valence-electron chi connectivity index (χ1n) is 8.88. The van der Waals surface area contributed by atoms with E-state index in [-0.39, 0.29) is 30.2 Å². The van der Waals surface area contributed by atoms with Crippen LogP contribution in [0.15, 0.2) is 41.8 Å². The average Bonchev–Trinajstić information content (AvgIpc) is 3.20. The third-order valence-corrected chi connectivity index (χ3v) is 5.56. The second kappa shape index (κ2) is 8.94. The van der Waals surface area contributed by atoms with Crippen molar-refractivity contribution in [1.29, 1.82) is 0 Å². The smallest absolute Gasteiger partial charge is 0.309 e. The summed E-state index contributed by atoms with van der Waals surface area (Å²) in [7, 11) is 0. The van der Waals surface area contributed by atoms with Crippen LogP contribution in [0.1, 0.15) is 48.6 Å². The Morgan fingerprint density at radius 1 is 1.15 bits per heavy atom. The summed E-state index contributed by atoms with van der Waals surface area (Å²) < 4.78 is 18.4. The number of amides is 1. The highest BCUT2D eigenvalue weighted by Gasteiger charge is 2.24. The van der Waals surface area contributed by atoms with Crippen molar-refractivity contribution in [2.45, 2.75) is 38.1 Å². The number of halogens is 1. The standard InChI is InChI=1S/C20H22FNO3S/c21-16-10-8-14(9-11-16)19(17-7-4-12-26-17)22-18(23)13-25-20(24)15-5-2-1-3-6-15/h4,7-12,15,19H,1-3,5-6,13H2,(H,22,23)/t19-/m0/s1. The maximum atomic E-state index is 13.2. The van der Waals surface area contributed by atoms with Gasteiger partial charge in [-0.2, -0.15) is 0 Å². The number of nitrogens with one attached hydrogen (secondary N) is 1. The molecule has 1 aliphatic rings. The summed E-state index contributed by atoms with van der Waals surface area (Å²) in [5.41, 5.74) is 0.779. The molecule has 1 saturated carbocycles. The van der Waals surface area contributed by atoms with E-state index in [9.17, 15) is 14.0 Å². The van der Waals surface area contributed by atoms with Crippen LogP contribution in [-0.4, -0.2) is 18.5 Å². The van der Waals surface area contributed by atoms with Gasteiger partial charge in [-0.25, -0.2) is 4.39 Å². The molecule has 26 heavy (non-hydrogen) atoms. The quantitative estimate of drug-likeness (QED) is 0.769. The fraction of sp³-hybridized carbons (Fsp3) is 0.400. The molecule has 1 heterocycles. The molecule has 2 aromatic rings. The number of benzene rings is 1. The molecule has 1 fully saturated rings. The topological polar surface area (TPSA) is 55.4 Å². The average molecular weight is 375 g/mol. The maximum absolute atomic E-state index is 13.2. The Hall–Kier alpha value is -2.21. The first kappa shape index (κ1) is 18.6. The Labute approximate surface area is 156 Å². The molecular weight excluding hydrogens is 353 g/mol. The van der Waals surface area contributed by atoms with Crippen LogP contribution >= 0.6 is 11.3 Å². The van der Waals surface area contributed by atoms with Crippen LogP contribution in [0.2, 0.25) is 0 Å². The van der Waals surface area contributed by atoms with Crippen LogP contribution in [0.5, 0.6) is 0 Å². The predicted molar refractivity (Wildman–Crippen MR) is 98.2 cm³/mol. The fourth-order valence-electron chi connectivity index (χ4n) is 3.22. The van der Waals surface area contributed by atoms with Crippen LogP contribution in [0.4, 0.5) is 4.39 Å². The lowest BCUT2D eigenvalue weighted by molar-refractivity contribution is -0.153. The number of hydrogen-bond acceptors (Lipinski definition) is 4. The van der Waals surface area contributed by atoms with Crippen molar-refractivity contribution in [3.05, 3.63) is 58.0 Å². The van der Waals surface area contributed by atoms with E-state index < -0.39 is 6.04 Å². The van der Waals surface area contributed by atoms with Crippen molar-refractivity contribution >= 4 is 23.2 Å². The zero-order chi connectivity index (χ0) is 18.4. The maximum Gasteiger partial charge on any atom is 0.309 e. The van der Waals surface area contributed by atoms with Crippen molar-refractivity contribution in [1.82, 2.24) is 5.32 Å². The van der Waals surface area contributed by atoms with Gasteiger partial charge in [0, 0.05) is 4.88 Å². The minimum Gasteiger partial charge on any atom is -0.455 e. The summed E-state index contributed by atoms with van der Waals surface area (Å²) in [5.74, 6) is -1.06. The first-order valence-corrected chi connectivity index (χ1v) is 9.76. The number of ether oxygens (including phenoxy) is 1. The van der Waals surface area contributed by atoms with Gasteiger partial charge >= 0.3 is 5.97 Å². The summed E-state index contributed by atoms with van der Waals surface area (Å²) in [6, 6.07) is 9.44. The fourth-order valence-corrected chi connectivity index (χ4v) is 4.03. The van der Waals surface area contributed by atoms with Crippen LogP contribution in [0.25, 0.3) is 0 Å². The molecule has 138 valence electrons. The molecule has 0 spiro atoms. The third-order valence-electron chi connectivity index (χ3n) is 4.62. The Morgan fingerprint density at radius 3 is 2.54 bits per heavy atom. The van der Waals surface area contributed by atoms with E-state index in [2.05, 4.69) is 5.32 Å². The first-order chi connectivity index (χ1) is 12.6. The molecule has 1 aliphatic carbocycles. The summed E-state index contributed by atoms with van der Waals surface area (Å²) in [5, 5.41) is 4.80. The van der Waals surface area contributed by atoms with Crippen molar-refractivity contribution < 1.29 is 18.7 Å². The molecule has 1 N–H and O–H groups in total. The van der Waals surface area contributed by atoms with Gasteiger partial charge in [0.15, 0.2) is 6.61 Å². The molecule has 0 saturated heterocycles. The zero-order valence-corrected chi connectivity index (χ0v) is 15.3. The largest absolute Gasteiger partial charge is 0.455 e. The molecule has 1 aromatic carbocycles. The predicted octanol–water partition coefficient (Wildman–Crippen LogP) is 4.22. The Morgan fingerprint density at radius 2 is 1.88 bits per heavy atom. The van der Waals surface area contributed by atoms with Gasteiger partial charge in [0.2, 0.25) is 0 Å². The Kier molecular flexibility index (Phi) is 6.39. The molecule has 1 atom stereocenters. The highest BCUT2D eigenvalue weighted by molar-refractivity contribution is 7.10. The van der Waals surface area contributed by atoms with Crippen molar-refractivity contribution in [3.8, 4) is 0 Å². The minimum absolute atomic E-state index is 0.0817. The SMILES string of the molecule is O=C(COC(=O)C1CCCCC1)N[C@@H](c1ccc(F)cc1)c1cccs1. The van der Waals surface area contributed by atoms with Crippen LogP contribution in [0, 0.1) is 11.7 Å². The molecule has 0 bridgehead atoms. The second-order valence-corrected chi connectivity index (χ2v) is 7.49. The lowest BCUT2D eigenvalue weighted by Crippen LogP contribution is -2.33. The van der Waals surface area contributed by atoms with Gasteiger partial charge in [-0.3, -0.25) is 9.59 Å². The number of carbonyl (C=O) groups excluding carboxylic acids is 2. The van der Waals surface area contributed by atoms with Crippen molar-refractivity contribution in [3.63, 3.8) is 0 Å². The normalized spacial score (nSPS) is 16.0. The van der Waals surface area contributed by atoms with Crippen molar-refractivity contribution in [2.24, 2.45) is 5.92 Å². The van der Waals surface area contributed by atoms with E-state index in [1.807, 2.05) is 17.5 Å². The summed E-state index contributed by atoms with van der Waals surface area (Å²) in [6.45, 7) is -0.293. The molecular formula is C20H22FNO3S. The van der Waals surface area contributed by atoms with Gasteiger partial charge in [0.05, 0.1) is 12.0 Å². The zero-order valence-electron chi connectivity index (χ0n) is 14.4. The number of hydrogen-bond donors (Lipinski definition) is 1. The number of carbonyl (C=O) groups is 2. The Bertz CT molecular complexity index is 724. The lowest BCUT2D eigenvalue weighted by atomic mass is 9.89. The van der Waals surface area contributed by atoms with E-state index in [1.165, 1.54) is 23.5 Å². The molecule has 1 amide bonds. The lowest BCUT2D eigenvalue weighted by Gasteiger charge is -2.21. The summed E-state index contributed by atoms with van der Waals surface area (Å²) in [6.07, 6.45) is 4.92. The van der Waals surface area contributed by atoms with Gasteiger partial charge in [-0.05, 0) is 42.0 Å². The molecule has 4 nitrogen and oxygen atoms in total. The molecule has 0 radical (unpaired) electrons. The van der Waals surface area contributed by atoms with Gasteiger partial charge in [-0.15, -0.1) is 11.3 Å².